The number of rotatable bonds is 2. The lowest BCUT2D eigenvalue weighted by molar-refractivity contribution is 0.474. The van der Waals surface area contributed by atoms with Crippen LogP contribution in [-0.4, -0.2) is 0 Å². The summed E-state index contributed by atoms with van der Waals surface area (Å²) in [4.78, 5) is 0. The zero-order valence-electron chi connectivity index (χ0n) is 10.7. The number of aryl methyl sites for hydroxylation is 1. The van der Waals surface area contributed by atoms with Crippen molar-refractivity contribution in [3.63, 3.8) is 0 Å². The van der Waals surface area contributed by atoms with Crippen molar-refractivity contribution in [3.8, 4) is 11.5 Å². The standard InChI is InChI=1S/C13H10F2O.C2H6/c1-9-7-12(5-6-13(9)15)16-11-4-2-3-10(14)8-11;1-2/h2-8H,1H3;1-2H3. The van der Waals surface area contributed by atoms with Gasteiger partial charge in [0.15, 0.2) is 0 Å². The Balaban J connectivity index is 0.000000771. The third-order valence-electron chi connectivity index (χ3n) is 2.16. The second kappa shape index (κ2) is 6.74. The van der Waals surface area contributed by atoms with Gasteiger partial charge in [-0.05, 0) is 42.8 Å². The van der Waals surface area contributed by atoms with Gasteiger partial charge in [-0.25, -0.2) is 8.78 Å². The molecule has 1 nitrogen and oxygen atoms in total. The van der Waals surface area contributed by atoms with Crippen molar-refractivity contribution in [2.75, 3.05) is 0 Å². The summed E-state index contributed by atoms with van der Waals surface area (Å²) in [5.41, 5.74) is 0.494. The van der Waals surface area contributed by atoms with Gasteiger partial charge in [0.2, 0.25) is 0 Å². The average molecular weight is 250 g/mol. The molecular formula is C15H16F2O. The summed E-state index contributed by atoms with van der Waals surface area (Å²) in [6.45, 7) is 5.65. The Morgan fingerprint density at radius 2 is 1.56 bits per heavy atom. The van der Waals surface area contributed by atoms with E-state index in [2.05, 4.69) is 0 Å². The van der Waals surface area contributed by atoms with Gasteiger partial charge in [0.25, 0.3) is 0 Å². The molecule has 0 aromatic heterocycles. The van der Waals surface area contributed by atoms with E-state index in [9.17, 15) is 8.78 Å². The Labute approximate surface area is 106 Å². The van der Waals surface area contributed by atoms with Gasteiger partial charge in [0.1, 0.15) is 23.1 Å². The molecule has 18 heavy (non-hydrogen) atoms. The number of hydrogen-bond donors (Lipinski definition) is 0. The first-order valence-electron chi connectivity index (χ1n) is 5.85. The smallest absolute Gasteiger partial charge is 0.130 e. The molecule has 0 spiro atoms. The van der Waals surface area contributed by atoms with Gasteiger partial charge in [-0.3, -0.25) is 0 Å². The summed E-state index contributed by atoms with van der Waals surface area (Å²) < 4.78 is 31.2. The highest BCUT2D eigenvalue weighted by atomic mass is 19.1. The van der Waals surface area contributed by atoms with Crippen LogP contribution in [0, 0.1) is 18.6 Å². The number of hydrogen-bond acceptors (Lipinski definition) is 1. The van der Waals surface area contributed by atoms with E-state index in [0.717, 1.165) is 0 Å². The fourth-order valence-corrected chi connectivity index (χ4v) is 1.35. The minimum absolute atomic E-state index is 0.286. The van der Waals surface area contributed by atoms with Gasteiger partial charge >= 0.3 is 0 Å². The SMILES string of the molecule is CC.Cc1cc(Oc2cccc(F)c2)ccc1F. The van der Waals surface area contributed by atoms with Crippen LogP contribution in [0.15, 0.2) is 42.5 Å². The van der Waals surface area contributed by atoms with E-state index in [0.29, 0.717) is 17.1 Å². The first-order valence-corrected chi connectivity index (χ1v) is 5.85. The van der Waals surface area contributed by atoms with Crippen molar-refractivity contribution >= 4 is 0 Å². The molecule has 2 aromatic carbocycles. The van der Waals surface area contributed by atoms with Gasteiger partial charge in [-0.2, -0.15) is 0 Å². The number of ether oxygens (including phenoxy) is 1. The number of benzene rings is 2. The second-order valence-corrected chi connectivity index (χ2v) is 3.47. The third-order valence-corrected chi connectivity index (χ3v) is 2.16. The molecule has 0 saturated heterocycles. The highest BCUT2D eigenvalue weighted by Crippen LogP contribution is 2.23. The summed E-state index contributed by atoms with van der Waals surface area (Å²) in [5.74, 6) is 0.235. The van der Waals surface area contributed by atoms with E-state index >= 15 is 0 Å². The fourth-order valence-electron chi connectivity index (χ4n) is 1.35. The monoisotopic (exact) mass is 250 g/mol. The lowest BCUT2D eigenvalue weighted by Gasteiger charge is -2.06. The molecule has 0 amide bonds. The molecule has 0 atom stereocenters. The van der Waals surface area contributed by atoms with Crippen LogP contribution >= 0.6 is 0 Å². The van der Waals surface area contributed by atoms with Gasteiger partial charge in [-0.1, -0.05) is 19.9 Å². The summed E-state index contributed by atoms with van der Waals surface area (Å²) in [6, 6.07) is 10.2. The molecule has 0 saturated carbocycles. The van der Waals surface area contributed by atoms with Crippen molar-refractivity contribution in [2.24, 2.45) is 0 Å². The summed E-state index contributed by atoms with van der Waals surface area (Å²) in [6.07, 6.45) is 0. The van der Waals surface area contributed by atoms with Crippen molar-refractivity contribution in [3.05, 3.63) is 59.7 Å². The van der Waals surface area contributed by atoms with Crippen LogP contribution in [0.4, 0.5) is 8.78 Å². The Morgan fingerprint density at radius 1 is 0.889 bits per heavy atom. The fraction of sp³-hybridized carbons (Fsp3) is 0.200. The van der Waals surface area contributed by atoms with Crippen molar-refractivity contribution in [1.29, 1.82) is 0 Å². The predicted molar refractivity (Wildman–Crippen MR) is 69.0 cm³/mol. The third kappa shape index (κ3) is 3.84. The van der Waals surface area contributed by atoms with Gasteiger partial charge < -0.3 is 4.74 Å². The minimum Gasteiger partial charge on any atom is -0.457 e. The predicted octanol–water partition coefficient (Wildman–Crippen LogP) is 5.09. The maximum Gasteiger partial charge on any atom is 0.130 e. The van der Waals surface area contributed by atoms with Crippen LogP contribution in [-0.2, 0) is 0 Å². The largest absolute Gasteiger partial charge is 0.457 e. The van der Waals surface area contributed by atoms with E-state index < -0.39 is 0 Å². The Morgan fingerprint density at radius 3 is 2.17 bits per heavy atom. The Bertz CT molecular complexity index is 510. The second-order valence-electron chi connectivity index (χ2n) is 3.47. The molecule has 0 heterocycles. The molecule has 0 aliphatic carbocycles. The maximum atomic E-state index is 13.0. The molecule has 0 aliphatic heterocycles. The van der Waals surface area contributed by atoms with Crippen LogP contribution in [0.1, 0.15) is 19.4 Å². The van der Waals surface area contributed by atoms with Gasteiger partial charge in [-0.15, -0.1) is 0 Å². The molecule has 0 aliphatic rings. The summed E-state index contributed by atoms with van der Waals surface area (Å²) >= 11 is 0. The molecule has 0 radical (unpaired) electrons. The molecule has 0 unspecified atom stereocenters. The van der Waals surface area contributed by atoms with Crippen LogP contribution in [0.2, 0.25) is 0 Å². The van der Waals surface area contributed by atoms with Crippen LogP contribution in [0.5, 0.6) is 11.5 Å². The van der Waals surface area contributed by atoms with E-state index in [1.54, 1.807) is 25.1 Å². The molecule has 0 bridgehead atoms. The van der Waals surface area contributed by atoms with Crippen LogP contribution < -0.4 is 4.74 Å². The minimum atomic E-state index is -0.365. The number of halogens is 2. The van der Waals surface area contributed by atoms with E-state index in [1.807, 2.05) is 13.8 Å². The normalized spacial score (nSPS) is 9.39. The summed E-state index contributed by atoms with van der Waals surface area (Å²) in [7, 11) is 0. The summed E-state index contributed by atoms with van der Waals surface area (Å²) in [5, 5.41) is 0. The molecular weight excluding hydrogens is 234 g/mol. The van der Waals surface area contributed by atoms with Gasteiger partial charge in [0, 0.05) is 6.07 Å². The zero-order chi connectivity index (χ0) is 13.5. The van der Waals surface area contributed by atoms with Crippen LogP contribution in [0.25, 0.3) is 0 Å². The highest BCUT2D eigenvalue weighted by Gasteiger charge is 2.02. The van der Waals surface area contributed by atoms with Crippen molar-refractivity contribution < 1.29 is 13.5 Å². The topological polar surface area (TPSA) is 9.23 Å². The quantitative estimate of drug-likeness (QED) is 0.721. The zero-order valence-corrected chi connectivity index (χ0v) is 10.7. The Kier molecular flexibility index (Phi) is 5.31. The molecule has 96 valence electrons. The first-order chi connectivity index (χ1) is 8.65. The van der Waals surface area contributed by atoms with Crippen molar-refractivity contribution in [2.45, 2.75) is 20.8 Å². The molecule has 2 aromatic rings. The van der Waals surface area contributed by atoms with E-state index in [1.165, 1.54) is 24.3 Å². The highest BCUT2D eigenvalue weighted by molar-refractivity contribution is 5.34. The Hall–Kier alpha value is -1.90. The van der Waals surface area contributed by atoms with Crippen molar-refractivity contribution in [1.82, 2.24) is 0 Å². The lowest BCUT2D eigenvalue weighted by Crippen LogP contribution is -1.87. The van der Waals surface area contributed by atoms with E-state index in [-0.39, 0.29) is 11.6 Å². The van der Waals surface area contributed by atoms with Crippen LogP contribution in [0.3, 0.4) is 0 Å². The average Bonchev–Trinajstić information content (AvgIpc) is 2.36. The molecule has 0 fully saturated rings. The lowest BCUT2D eigenvalue weighted by atomic mass is 10.2. The van der Waals surface area contributed by atoms with Gasteiger partial charge in [0.05, 0.1) is 0 Å². The molecule has 2 rings (SSSR count). The first kappa shape index (κ1) is 14.2. The molecule has 3 heteroatoms. The molecule has 0 N–H and O–H groups in total. The van der Waals surface area contributed by atoms with E-state index in [4.69, 9.17) is 4.74 Å². The maximum absolute atomic E-state index is 13.0.